The average Bonchev–Trinajstić information content (AvgIpc) is 3.33. The fraction of sp³-hybridized carbons (Fsp3) is 0.412. The Balaban J connectivity index is 1.42. The summed E-state index contributed by atoms with van der Waals surface area (Å²) < 4.78 is 41.0. The number of carbonyl (C=O) groups excluding carboxylic acids is 2. The molecule has 13 heteroatoms. The van der Waals surface area contributed by atoms with E-state index in [0.717, 1.165) is 43.3 Å². The summed E-state index contributed by atoms with van der Waals surface area (Å²) in [5, 5.41) is 3.31. The summed E-state index contributed by atoms with van der Waals surface area (Å²) >= 11 is 6.54. The Morgan fingerprint density at radius 1 is 0.936 bits per heavy atom. The summed E-state index contributed by atoms with van der Waals surface area (Å²) in [5.74, 6) is -0.469. The van der Waals surface area contributed by atoms with Crippen molar-refractivity contribution in [3.63, 3.8) is 0 Å². The van der Waals surface area contributed by atoms with Crippen molar-refractivity contribution >= 4 is 39.2 Å². The van der Waals surface area contributed by atoms with Crippen LogP contribution in [0.15, 0.2) is 71.6 Å². The van der Waals surface area contributed by atoms with Crippen LogP contribution in [0.5, 0.6) is 11.5 Å². The number of hydrogen-bond acceptors (Lipinski definition) is 8. The topological polar surface area (TPSA) is 112 Å². The number of piperazine rings is 1. The molecule has 1 unspecified atom stereocenters. The number of fused-ring (bicyclic) bond motifs is 1. The number of likely N-dealkylation sites (N-methyl/N-ethyl adjacent to an activating group) is 1. The van der Waals surface area contributed by atoms with Crippen LogP contribution >= 0.6 is 11.6 Å². The van der Waals surface area contributed by atoms with Crippen molar-refractivity contribution in [2.75, 3.05) is 64.3 Å². The highest BCUT2D eigenvalue weighted by Crippen LogP contribution is 2.50. The van der Waals surface area contributed by atoms with Crippen LogP contribution in [-0.4, -0.2) is 101 Å². The van der Waals surface area contributed by atoms with Gasteiger partial charge in [-0.2, -0.15) is 4.31 Å². The van der Waals surface area contributed by atoms with Crippen LogP contribution in [0.2, 0.25) is 5.02 Å². The maximum atomic E-state index is 15.0. The van der Waals surface area contributed by atoms with Gasteiger partial charge in [-0.25, -0.2) is 13.2 Å². The number of halogens is 1. The van der Waals surface area contributed by atoms with E-state index in [0.29, 0.717) is 30.4 Å². The molecule has 3 aromatic rings. The summed E-state index contributed by atoms with van der Waals surface area (Å²) in [5.41, 5.74) is -1.38. The van der Waals surface area contributed by atoms with Crippen molar-refractivity contribution < 1.29 is 27.5 Å². The van der Waals surface area contributed by atoms with E-state index in [1.807, 2.05) is 6.92 Å². The Morgan fingerprint density at radius 3 is 2.28 bits per heavy atom. The van der Waals surface area contributed by atoms with E-state index >= 15 is 4.79 Å². The molecule has 0 spiro atoms. The maximum absolute atomic E-state index is 15.0. The lowest BCUT2D eigenvalue weighted by Crippen LogP contribution is -2.59. The molecule has 3 amide bonds. The van der Waals surface area contributed by atoms with Crippen LogP contribution in [0, 0.1) is 0 Å². The number of urea groups is 1. The second-order valence-electron chi connectivity index (χ2n) is 12.1. The minimum Gasteiger partial charge on any atom is -0.495 e. The van der Waals surface area contributed by atoms with Gasteiger partial charge in [0.25, 0.3) is 15.9 Å². The highest BCUT2D eigenvalue weighted by molar-refractivity contribution is 7.93. The molecule has 0 aromatic heterocycles. The number of sulfonamides is 1. The zero-order valence-electron chi connectivity index (χ0n) is 26.8. The molecule has 2 fully saturated rings. The molecular weight excluding hydrogens is 642 g/mol. The number of nitrogens with one attached hydrogen (secondary N) is 1. The number of rotatable bonds is 8. The summed E-state index contributed by atoms with van der Waals surface area (Å²) in [6, 6.07) is 17.4. The largest absolute Gasteiger partial charge is 0.495 e. The van der Waals surface area contributed by atoms with E-state index in [9.17, 15) is 13.2 Å². The van der Waals surface area contributed by atoms with E-state index in [1.165, 1.54) is 37.4 Å². The molecule has 3 heterocycles. The van der Waals surface area contributed by atoms with Crippen molar-refractivity contribution in [2.24, 2.45) is 0 Å². The molecule has 3 aliphatic heterocycles. The minimum atomic E-state index is -4.54. The summed E-state index contributed by atoms with van der Waals surface area (Å²) in [7, 11) is -1.05. The maximum Gasteiger partial charge on any atom is 0.318 e. The molecule has 6 rings (SSSR count). The van der Waals surface area contributed by atoms with Crippen LogP contribution < -0.4 is 19.1 Å². The molecule has 1 atom stereocenters. The Bertz CT molecular complexity index is 1760. The number of likely N-dealkylation sites (tertiary alicyclic amines) is 1. The first-order valence-corrected chi connectivity index (χ1v) is 17.7. The van der Waals surface area contributed by atoms with Crippen LogP contribution in [0.4, 0.5) is 10.5 Å². The number of methoxy groups -OCH3 is 1. The number of carbonyl (C=O) groups is 2. The first-order chi connectivity index (χ1) is 22.6. The summed E-state index contributed by atoms with van der Waals surface area (Å²) in [4.78, 5) is 35.6. The van der Waals surface area contributed by atoms with Gasteiger partial charge in [0.2, 0.25) is 0 Å². The molecule has 11 nitrogen and oxygen atoms in total. The number of piperidine rings is 1. The van der Waals surface area contributed by atoms with Gasteiger partial charge >= 0.3 is 6.03 Å². The van der Waals surface area contributed by atoms with E-state index in [4.69, 9.17) is 21.1 Å². The number of ether oxygens (including phenoxy) is 2. The van der Waals surface area contributed by atoms with Crippen molar-refractivity contribution in [2.45, 2.75) is 36.2 Å². The van der Waals surface area contributed by atoms with Gasteiger partial charge in [0.1, 0.15) is 16.4 Å². The second-order valence-corrected chi connectivity index (χ2v) is 14.2. The highest BCUT2D eigenvalue weighted by atomic mass is 35.5. The Labute approximate surface area is 281 Å². The van der Waals surface area contributed by atoms with Crippen molar-refractivity contribution in [1.82, 2.24) is 20.0 Å². The van der Waals surface area contributed by atoms with Gasteiger partial charge in [-0.05, 0) is 63.2 Å². The van der Waals surface area contributed by atoms with Crippen molar-refractivity contribution in [1.29, 1.82) is 0 Å². The molecule has 0 bridgehead atoms. The molecule has 0 aliphatic carbocycles. The standard InChI is InChI=1S/C34H40ClN5O6S/c1-4-46-29-10-6-5-9-26(29)34(36-33(42)39-17-15-25(16-18-39)38-21-19-37(2)20-22-38)27-23-24(35)13-14-28(27)40(32(34)41)47(43,44)31-12-8-7-11-30(31)45-3/h5-14,23,25H,4,15-22H2,1-3H3,(H,36,42). The van der Waals surface area contributed by atoms with Crippen LogP contribution in [0.1, 0.15) is 30.9 Å². The van der Waals surface area contributed by atoms with Crippen molar-refractivity contribution in [3.05, 3.63) is 82.9 Å². The van der Waals surface area contributed by atoms with Crippen LogP contribution in [0.25, 0.3) is 0 Å². The number of para-hydroxylation sites is 2. The van der Waals surface area contributed by atoms with E-state index in [2.05, 4.69) is 22.2 Å². The predicted molar refractivity (Wildman–Crippen MR) is 180 cm³/mol. The van der Waals surface area contributed by atoms with E-state index < -0.39 is 27.5 Å². The van der Waals surface area contributed by atoms with Gasteiger partial charge < -0.3 is 24.6 Å². The van der Waals surface area contributed by atoms with Gasteiger partial charge in [-0.15, -0.1) is 0 Å². The minimum absolute atomic E-state index is 0.0747. The molecular formula is C34H40ClN5O6S. The Morgan fingerprint density at radius 2 is 1.60 bits per heavy atom. The SMILES string of the molecule is CCOc1ccccc1C1(NC(=O)N2CCC(N3CCN(C)CC3)CC2)C(=O)N(S(=O)(=O)c2ccccc2OC)c2ccc(Cl)cc21. The third kappa shape index (κ3) is 5.92. The monoisotopic (exact) mass is 681 g/mol. The highest BCUT2D eigenvalue weighted by Gasteiger charge is 2.59. The second kappa shape index (κ2) is 13.3. The zero-order chi connectivity index (χ0) is 33.3. The molecule has 0 saturated carbocycles. The van der Waals surface area contributed by atoms with Gasteiger partial charge in [-0.1, -0.05) is 41.9 Å². The number of benzene rings is 3. The average molecular weight is 682 g/mol. The lowest BCUT2D eigenvalue weighted by Gasteiger charge is -2.42. The van der Waals surface area contributed by atoms with E-state index in [-0.39, 0.29) is 33.5 Å². The fourth-order valence-electron chi connectivity index (χ4n) is 6.90. The van der Waals surface area contributed by atoms with Crippen molar-refractivity contribution in [3.8, 4) is 11.5 Å². The van der Waals surface area contributed by atoms with Gasteiger partial charge in [0.15, 0.2) is 5.54 Å². The zero-order valence-corrected chi connectivity index (χ0v) is 28.4. The number of amides is 3. The number of hydrogen-bond donors (Lipinski definition) is 1. The smallest absolute Gasteiger partial charge is 0.318 e. The lowest BCUT2D eigenvalue weighted by atomic mass is 9.83. The first-order valence-electron chi connectivity index (χ1n) is 15.9. The normalized spacial score (nSPS) is 21.1. The number of nitrogens with zero attached hydrogens (tertiary/aromatic N) is 4. The molecule has 250 valence electrons. The number of anilines is 1. The third-order valence-electron chi connectivity index (χ3n) is 9.37. The molecule has 47 heavy (non-hydrogen) atoms. The van der Waals surface area contributed by atoms with Crippen LogP contribution in [-0.2, 0) is 20.4 Å². The quantitative estimate of drug-likeness (QED) is 0.378. The molecule has 2 saturated heterocycles. The van der Waals surface area contributed by atoms with Crippen LogP contribution in [0.3, 0.4) is 0 Å². The van der Waals surface area contributed by atoms with Gasteiger partial charge in [-0.3, -0.25) is 9.69 Å². The fourth-order valence-corrected chi connectivity index (χ4v) is 8.70. The Hall–Kier alpha value is -3.84. The molecule has 3 aliphatic rings. The lowest BCUT2D eigenvalue weighted by molar-refractivity contribution is -0.121. The first kappa shape index (κ1) is 33.1. The predicted octanol–water partition coefficient (Wildman–Crippen LogP) is 4.15. The Kier molecular flexibility index (Phi) is 9.39. The van der Waals surface area contributed by atoms with Gasteiger partial charge in [0.05, 0.1) is 19.4 Å². The summed E-state index contributed by atoms with van der Waals surface area (Å²) in [6.07, 6.45) is 1.59. The van der Waals surface area contributed by atoms with E-state index in [1.54, 1.807) is 41.3 Å². The van der Waals surface area contributed by atoms with Gasteiger partial charge in [0, 0.05) is 61.5 Å². The summed E-state index contributed by atoms with van der Waals surface area (Å²) in [6.45, 7) is 7.09. The third-order valence-corrected chi connectivity index (χ3v) is 11.3. The molecule has 0 radical (unpaired) electrons. The molecule has 1 N–H and O–H groups in total. The molecule has 3 aromatic carbocycles.